The SMILES string of the molecule is CCCCCCCN1CC(C)(CC)NCC1C. The average Bonchev–Trinajstić information content (AvgIpc) is 2.33. The van der Waals surface area contributed by atoms with Crippen LogP contribution in [0.25, 0.3) is 0 Å². The maximum Gasteiger partial charge on any atom is 0.0278 e. The van der Waals surface area contributed by atoms with E-state index < -0.39 is 0 Å². The molecule has 102 valence electrons. The average molecular weight is 240 g/mol. The van der Waals surface area contributed by atoms with Gasteiger partial charge in [-0.15, -0.1) is 0 Å². The maximum absolute atomic E-state index is 3.69. The van der Waals surface area contributed by atoms with E-state index in [0.29, 0.717) is 11.6 Å². The van der Waals surface area contributed by atoms with E-state index in [2.05, 4.69) is 37.9 Å². The highest BCUT2D eigenvalue weighted by atomic mass is 15.2. The summed E-state index contributed by atoms with van der Waals surface area (Å²) in [6, 6.07) is 0.709. The molecular weight excluding hydrogens is 208 g/mol. The highest BCUT2D eigenvalue weighted by Gasteiger charge is 2.31. The lowest BCUT2D eigenvalue weighted by molar-refractivity contribution is 0.0914. The van der Waals surface area contributed by atoms with E-state index >= 15 is 0 Å². The number of hydrogen-bond acceptors (Lipinski definition) is 2. The van der Waals surface area contributed by atoms with Crippen LogP contribution in [0.4, 0.5) is 0 Å². The summed E-state index contributed by atoms with van der Waals surface area (Å²) in [7, 11) is 0. The van der Waals surface area contributed by atoms with Gasteiger partial charge in [-0.25, -0.2) is 0 Å². The second-order valence-corrected chi connectivity index (χ2v) is 6.03. The molecule has 2 unspecified atom stereocenters. The summed E-state index contributed by atoms with van der Waals surface area (Å²) < 4.78 is 0. The van der Waals surface area contributed by atoms with E-state index in [1.165, 1.54) is 51.6 Å². The van der Waals surface area contributed by atoms with Crippen molar-refractivity contribution in [2.45, 2.75) is 77.8 Å². The molecule has 2 heteroatoms. The third-order valence-corrected chi connectivity index (χ3v) is 4.33. The topological polar surface area (TPSA) is 15.3 Å². The minimum absolute atomic E-state index is 0.343. The van der Waals surface area contributed by atoms with Crippen LogP contribution < -0.4 is 5.32 Å². The van der Waals surface area contributed by atoms with Crippen molar-refractivity contribution >= 4 is 0 Å². The van der Waals surface area contributed by atoms with Crippen LogP contribution >= 0.6 is 0 Å². The van der Waals surface area contributed by atoms with E-state index in [1.807, 2.05) is 0 Å². The Kier molecular flexibility index (Phi) is 6.50. The number of nitrogens with one attached hydrogen (secondary N) is 1. The zero-order valence-electron chi connectivity index (χ0n) is 12.4. The molecule has 0 saturated carbocycles. The van der Waals surface area contributed by atoms with Crippen LogP contribution in [0.15, 0.2) is 0 Å². The van der Waals surface area contributed by atoms with Gasteiger partial charge in [-0.2, -0.15) is 0 Å². The van der Waals surface area contributed by atoms with Crippen molar-refractivity contribution in [3.63, 3.8) is 0 Å². The molecule has 2 nitrogen and oxygen atoms in total. The summed E-state index contributed by atoms with van der Waals surface area (Å²) >= 11 is 0. The van der Waals surface area contributed by atoms with Gasteiger partial charge >= 0.3 is 0 Å². The van der Waals surface area contributed by atoms with Gasteiger partial charge in [0.05, 0.1) is 0 Å². The maximum atomic E-state index is 3.69. The zero-order chi connectivity index (χ0) is 12.7. The lowest BCUT2D eigenvalue weighted by Crippen LogP contribution is -2.61. The summed E-state index contributed by atoms with van der Waals surface area (Å²) in [6.45, 7) is 13.0. The Morgan fingerprint density at radius 2 is 1.88 bits per heavy atom. The van der Waals surface area contributed by atoms with Crippen molar-refractivity contribution in [2.75, 3.05) is 19.6 Å². The van der Waals surface area contributed by atoms with Crippen molar-refractivity contribution in [3.8, 4) is 0 Å². The monoisotopic (exact) mass is 240 g/mol. The van der Waals surface area contributed by atoms with Crippen LogP contribution in [0.1, 0.15) is 66.2 Å². The highest BCUT2D eigenvalue weighted by molar-refractivity contribution is 4.92. The van der Waals surface area contributed by atoms with E-state index in [0.717, 1.165) is 6.54 Å². The predicted molar refractivity (Wildman–Crippen MR) is 76.5 cm³/mol. The van der Waals surface area contributed by atoms with Crippen LogP contribution in [-0.2, 0) is 0 Å². The molecule has 1 fully saturated rings. The number of rotatable bonds is 7. The van der Waals surface area contributed by atoms with Crippen LogP contribution in [0.5, 0.6) is 0 Å². The van der Waals surface area contributed by atoms with Gasteiger partial charge in [-0.3, -0.25) is 4.90 Å². The van der Waals surface area contributed by atoms with Gasteiger partial charge in [0, 0.05) is 24.7 Å². The molecule has 0 radical (unpaired) electrons. The van der Waals surface area contributed by atoms with E-state index in [9.17, 15) is 0 Å². The molecule has 0 aliphatic carbocycles. The fourth-order valence-electron chi connectivity index (χ4n) is 2.64. The Balaban J connectivity index is 2.25. The van der Waals surface area contributed by atoms with Gasteiger partial charge in [0.25, 0.3) is 0 Å². The summed E-state index contributed by atoms with van der Waals surface area (Å²) in [5, 5.41) is 3.69. The van der Waals surface area contributed by atoms with Crippen LogP contribution in [0.3, 0.4) is 0 Å². The third kappa shape index (κ3) is 4.97. The molecule has 2 atom stereocenters. The molecule has 0 amide bonds. The predicted octanol–water partition coefficient (Wildman–Crippen LogP) is 3.42. The first-order valence-corrected chi connectivity index (χ1v) is 7.60. The molecule has 0 bridgehead atoms. The van der Waals surface area contributed by atoms with Crippen molar-refractivity contribution < 1.29 is 0 Å². The molecule has 0 aromatic rings. The van der Waals surface area contributed by atoms with Gasteiger partial charge in [-0.05, 0) is 33.2 Å². The standard InChI is InChI=1S/C15H32N2/c1-5-7-8-9-10-11-17-13-15(4,6-2)16-12-14(17)3/h14,16H,5-13H2,1-4H3. The largest absolute Gasteiger partial charge is 0.309 e. The van der Waals surface area contributed by atoms with Gasteiger partial charge in [-0.1, -0.05) is 39.5 Å². The molecule has 1 aliphatic heterocycles. The Labute approximate surface area is 108 Å². The molecule has 1 N–H and O–H groups in total. The Hall–Kier alpha value is -0.0800. The highest BCUT2D eigenvalue weighted by Crippen LogP contribution is 2.19. The molecule has 0 spiro atoms. The normalized spacial score (nSPS) is 30.7. The van der Waals surface area contributed by atoms with Crippen molar-refractivity contribution in [1.82, 2.24) is 10.2 Å². The zero-order valence-corrected chi connectivity index (χ0v) is 12.4. The smallest absolute Gasteiger partial charge is 0.0278 e. The number of nitrogens with zero attached hydrogens (tertiary/aromatic N) is 1. The summed E-state index contributed by atoms with van der Waals surface area (Å²) in [4.78, 5) is 2.69. The van der Waals surface area contributed by atoms with Crippen molar-refractivity contribution in [2.24, 2.45) is 0 Å². The van der Waals surface area contributed by atoms with Gasteiger partial charge in [0.2, 0.25) is 0 Å². The minimum Gasteiger partial charge on any atom is -0.309 e. The Morgan fingerprint density at radius 3 is 2.53 bits per heavy atom. The first kappa shape index (κ1) is 15.0. The molecule has 0 aromatic carbocycles. The molecular formula is C15H32N2. The first-order valence-electron chi connectivity index (χ1n) is 7.60. The minimum atomic E-state index is 0.343. The number of unbranched alkanes of at least 4 members (excludes halogenated alkanes) is 4. The Bertz CT molecular complexity index is 205. The molecule has 0 aromatic heterocycles. The molecule has 1 aliphatic rings. The molecule has 1 heterocycles. The lowest BCUT2D eigenvalue weighted by atomic mass is 9.93. The lowest BCUT2D eigenvalue weighted by Gasteiger charge is -2.45. The van der Waals surface area contributed by atoms with E-state index in [1.54, 1.807) is 0 Å². The van der Waals surface area contributed by atoms with Crippen molar-refractivity contribution in [3.05, 3.63) is 0 Å². The quantitative estimate of drug-likeness (QED) is 0.686. The third-order valence-electron chi connectivity index (χ3n) is 4.33. The fraction of sp³-hybridized carbons (Fsp3) is 1.00. The van der Waals surface area contributed by atoms with E-state index in [4.69, 9.17) is 0 Å². The van der Waals surface area contributed by atoms with Gasteiger partial charge in [0.15, 0.2) is 0 Å². The second kappa shape index (κ2) is 7.38. The first-order chi connectivity index (χ1) is 8.11. The van der Waals surface area contributed by atoms with Gasteiger partial charge < -0.3 is 5.32 Å². The van der Waals surface area contributed by atoms with Gasteiger partial charge in [0.1, 0.15) is 0 Å². The van der Waals surface area contributed by atoms with Crippen LogP contribution in [0, 0.1) is 0 Å². The second-order valence-electron chi connectivity index (χ2n) is 6.03. The van der Waals surface area contributed by atoms with Crippen LogP contribution in [0.2, 0.25) is 0 Å². The molecule has 1 rings (SSSR count). The fourth-order valence-corrected chi connectivity index (χ4v) is 2.64. The molecule has 1 saturated heterocycles. The van der Waals surface area contributed by atoms with Crippen molar-refractivity contribution in [1.29, 1.82) is 0 Å². The van der Waals surface area contributed by atoms with Crippen LogP contribution in [-0.4, -0.2) is 36.1 Å². The number of hydrogen-bond donors (Lipinski definition) is 1. The summed E-state index contributed by atoms with van der Waals surface area (Å²) in [5.74, 6) is 0. The number of piperazine rings is 1. The summed E-state index contributed by atoms with van der Waals surface area (Å²) in [6.07, 6.45) is 8.19. The van der Waals surface area contributed by atoms with E-state index in [-0.39, 0.29) is 0 Å². The molecule has 17 heavy (non-hydrogen) atoms. The summed E-state index contributed by atoms with van der Waals surface area (Å²) in [5.41, 5.74) is 0.343. The Morgan fingerprint density at radius 1 is 1.18 bits per heavy atom.